The van der Waals surface area contributed by atoms with Gasteiger partial charge < -0.3 is 48.5 Å². The molecule has 1 spiro atoms. The van der Waals surface area contributed by atoms with Crippen LogP contribution in [0.1, 0.15) is 120 Å². The molecule has 11 heteroatoms. The van der Waals surface area contributed by atoms with Crippen LogP contribution in [-0.4, -0.2) is 107 Å². The van der Waals surface area contributed by atoms with Crippen molar-refractivity contribution >= 4 is 5.97 Å². The Morgan fingerprint density at radius 3 is 2.25 bits per heavy atom. The zero-order chi connectivity index (χ0) is 37.3. The number of hydrogen-bond acceptors (Lipinski definition) is 10. The molecule has 6 aliphatic heterocycles. The van der Waals surface area contributed by atoms with E-state index in [2.05, 4.69) is 48.5 Å². The van der Waals surface area contributed by atoms with Gasteiger partial charge in [-0.1, -0.05) is 41.5 Å². The second kappa shape index (κ2) is 14.6. The Balaban J connectivity index is 1.13. The molecule has 6 fully saturated rings. The summed E-state index contributed by atoms with van der Waals surface area (Å²) >= 11 is 0. The summed E-state index contributed by atoms with van der Waals surface area (Å²) in [6.45, 7) is 18.4. The molecule has 0 saturated carbocycles. The number of carbonyl (C=O) groups is 1. The first kappa shape index (κ1) is 39.8. The average Bonchev–Trinajstić information content (AvgIpc) is 3.75. The molecular formula is C40H68O11. The van der Waals surface area contributed by atoms with Crippen LogP contribution in [0.3, 0.4) is 0 Å². The summed E-state index contributed by atoms with van der Waals surface area (Å²) in [6.07, 6.45) is 5.85. The fraction of sp³-hybridized carbons (Fsp3) is 0.975. The van der Waals surface area contributed by atoms with Crippen molar-refractivity contribution < 1.29 is 53.3 Å². The molecule has 0 aromatic rings. The molecule has 11 nitrogen and oxygen atoms in total. The summed E-state index contributed by atoms with van der Waals surface area (Å²) in [6, 6.07) is 0. The number of methoxy groups -OCH3 is 1. The lowest BCUT2D eigenvalue weighted by atomic mass is 9.78. The third kappa shape index (κ3) is 7.19. The average molecular weight is 725 g/mol. The third-order valence-electron chi connectivity index (χ3n) is 14.4. The zero-order valence-corrected chi connectivity index (χ0v) is 32.8. The van der Waals surface area contributed by atoms with Gasteiger partial charge in [0.25, 0.3) is 0 Å². The van der Waals surface area contributed by atoms with Gasteiger partial charge in [0.1, 0.15) is 0 Å². The molecule has 19 atom stereocenters. The van der Waals surface area contributed by atoms with E-state index in [1.54, 1.807) is 14.0 Å². The maximum absolute atomic E-state index is 11.8. The summed E-state index contributed by atoms with van der Waals surface area (Å²) < 4.78 is 47.0. The molecule has 294 valence electrons. The van der Waals surface area contributed by atoms with Crippen LogP contribution in [0.2, 0.25) is 0 Å². The number of ether oxygens (including phenoxy) is 7. The maximum atomic E-state index is 11.8. The molecule has 6 aliphatic rings. The Kier molecular flexibility index (Phi) is 11.4. The van der Waals surface area contributed by atoms with Crippen molar-refractivity contribution in [1.82, 2.24) is 0 Å². The van der Waals surface area contributed by atoms with Crippen molar-refractivity contribution in [1.29, 1.82) is 0 Å². The fourth-order valence-electron chi connectivity index (χ4n) is 11.3. The highest BCUT2D eigenvalue weighted by Gasteiger charge is 2.65. The second-order valence-corrected chi connectivity index (χ2v) is 18.4. The van der Waals surface area contributed by atoms with Crippen molar-refractivity contribution in [2.75, 3.05) is 13.7 Å². The number of carboxylic acid groups (broad SMARTS) is 1. The molecule has 6 heterocycles. The minimum Gasteiger partial charge on any atom is -0.481 e. The van der Waals surface area contributed by atoms with Crippen LogP contribution < -0.4 is 0 Å². The van der Waals surface area contributed by atoms with Crippen LogP contribution in [0.25, 0.3) is 0 Å². The van der Waals surface area contributed by atoms with Crippen molar-refractivity contribution in [3.8, 4) is 0 Å². The minimum atomic E-state index is -1.55. The zero-order valence-electron chi connectivity index (χ0n) is 32.8. The highest BCUT2D eigenvalue weighted by Crippen LogP contribution is 2.57. The molecule has 6 rings (SSSR count). The Labute approximate surface area is 305 Å². The van der Waals surface area contributed by atoms with Crippen molar-refractivity contribution in [3.63, 3.8) is 0 Å². The van der Waals surface area contributed by atoms with Crippen LogP contribution in [0, 0.1) is 41.4 Å². The molecule has 0 aliphatic carbocycles. The van der Waals surface area contributed by atoms with Crippen LogP contribution in [0.15, 0.2) is 0 Å². The number of hydrogen-bond donors (Lipinski definition) is 3. The van der Waals surface area contributed by atoms with E-state index in [1.807, 2.05) is 6.92 Å². The summed E-state index contributed by atoms with van der Waals surface area (Å²) in [5.41, 5.74) is -1.10. The second-order valence-electron chi connectivity index (χ2n) is 18.4. The molecule has 0 aromatic heterocycles. The Bertz CT molecular complexity index is 1230. The van der Waals surface area contributed by atoms with Gasteiger partial charge in [-0.3, -0.25) is 4.79 Å². The van der Waals surface area contributed by atoms with Crippen molar-refractivity contribution in [3.05, 3.63) is 0 Å². The molecule has 10 unspecified atom stereocenters. The molecule has 3 N–H and O–H groups in total. The highest BCUT2D eigenvalue weighted by molar-refractivity contribution is 5.70. The quantitative estimate of drug-likeness (QED) is 0.269. The van der Waals surface area contributed by atoms with Gasteiger partial charge >= 0.3 is 5.97 Å². The first-order chi connectivity index (χ1) is 23.9. The first-order valence-corrected chi connectivity index (χ1v) is 20.0. The van der Waals surface area contributed by atoms with Crippen molar-refractivity contribution in [2.45, 2.75) is 192 Å². The van der Waals surface area contributed by atoms with Gasteiger partial charge in [0, 0.05) is 37.7 Å². The molecular weight excluding hydrogens is 656 g/mol. The lowest BCUT2D eigenvalue weighted by molar-refractivity contribution is -0.353. The van der Waals surface area contributed by atoms with E-state index in [9.17, 15) is 20.1 Å². The van der Waals surface area contributed by atoms with E-state index in [-0.39, 0.29) is 84.3 Å². The fourth-order valence-corrected chi connectivity index (χ4v) is 11.3. The number of aliphatic hydroxyl groups is 2. The number of aliphatic carboxylic acids is 1. The van der Waals surface area contributed by atoms with Gasteiger partial charge in [-0.15, -0.1) is 0 Å². The van der Waals surface area contributed by atoms with Gasteiger partial charge in [-0.05, 0) is 83.5 Å². The molecule has 0 bridgehead atoms. The number of carboxylic acids is 1. The minimum absolute atomic E-state index is 0.00727. The lowest BCUT2D eigenvalue weighted by Gasteiger charge is -2.50. The summed E-state index contributed by atoms with van der Waals surface area (Å²) in [7, 11) is 1.77. The number of aliphatic hydroxyl groups excluding tert-OH is 1. The summed E-state index contributed by atoms with van der Waals surface area (Å²) in [5, 5.41) is 30.7. The van der Waals surface area contributed by atoms with E-state index in [4.69, 9.17) is 33.2 Å². The van der Waals surface area contributed by atoms with Gasteiger partial charge in [0.15, 0.2) is 11.6 Å². The van der Waals surface area contributed by atoms with Crippen LogP contribution >= 0.6 is 0 Å². The first-order valence-electron chi connectivity index (χ1n) is 20.0. The Morgan fingerprint density at radius 2 is 1.59 bits per heavy atom. The van der Waals surface area contributed by atoms with Crippen LogP contribution in [0.5, 0.6) is 0 Å². The van der Waals surface area contributed by atoms with E-state index in [0.717, 1.165) is 51.4 Å². The van der Waals surface area contributed by atoms with E-state index < -0.39 is 41.3 Å². The van der Waals surface area contributed by atoms with E-state index >= 15 is 0 Å². The summed E-state index contributed by atoms with van der Waals surface area (Å²) in [5.74, 6) is -3.26. The molecule has 0 amide bonds. The third-order valence-corrected chi connectivity index (χ3v) is 14.4. The van der Waals surface area contributed by atoms with E-state index in [0.29, 0.717) is 6.42 Å². The SMILES string of the molecule is COC1CC(CC2CC[C@H](C)C([C@@H](C)C(=O)O)O2)OC2(O[C@](C)(C3CC[C@@](C)(C4OC(C5O[C@@](O)(CO)[C@H](C)C[C@@H]5C)C[C@@H]4C)O3)CC2C)[C@@H]1C. The van der Waals surface area contributed by atoms with Gasteiger partial charge in [0.05, 0.1) is 72.6 Å². The summed E-state index contributed by atoms with van der Waals surface area (Å²) in [4.78, 5) is 11.8. The van der Waals surface area contributed by atoms with Crippen LogP contribution in [0.4, 0.5) is 0 Å². The van der Waals surface area contributed by atoms with Crippen LogP contribution in [-0.2, 0) is 38.0 Å². The normalized spacial score (nSPS) is 54.2. The molecule has 51 heavy (non-hydrogen) atoms. The van der Waals surface area contributed by atoms with Gasteiger partial charge in [-0.25, -0.2) is 0 Å². The standard InChI is InChI=1S/C40H68O11/c1-21-11-12-28(46-33(21)26(6)36(42)43)17-29-18-30(45-10)27(7)40(48-29)25(5)19-38(9,51-40)32-13-14-37(8,49-32)35-23(3)16-31(47-35)34-22(2)15-24(4)39(44,20-41)50-34/h21-35,41,44H,11-20H2,1-10H3,(H,42,43)/t21-,22-,23-,24+,25?,26+,27+,28?,29?,30?,31?,32?,33?,34?,35?,37-,38-,39-,40?/m0/s1. The van der Waals surface area contributed by atoms with Gasteiger partial charge in [-0.2, -0.15) is 0 Å². The molecule has 0 aromatic carbocycles. The predicted molar refractivity (Wildman–Crippen MR) is 189 cm³/mol. The number of rotatable bonds is 9. The van der Waals surface area contributed by atoms with E-state index in [1.165, 1.54) is 0 Å². The van der Waals surface area contributed by atoms with Gasteiger partial charge in [0.2, 0.25) is 0 Å². The Hall–Kier alpha value is -0.890. The Morgan fingerprint density at radius 1 is 0.863 bits per heavy atom. The van der Waals surface area contributed by atoms with Crippen molar-refractivity contribution in [2.24, 2.45) is 41.4 Å². The highest BCUT2D eigenvalue weighted by atomic mass is 16.7. The molecule has 6 saturated heterocycles. The lowest BCUT2D eigenvalue weighted by Crippen LogP contribution is -2.58. The maximum Gasteiger partial charge on any atom is 0.308 e. The smallest absolute Gasteiger partial charge is 0.308 e. The predicted octanol–water partition coefficient (Wildman–Crippen LogP) is 5.71. The largest absolute Gasteiger partial charge is 0.481 e. The molecule has 0 radical (unpaired) electrons. The topological polar surface area (TPSA) is 142 Å². The monoisotopic (exact) mass is 724 g/mol.